The smallest absolute Gasteiger partial charge is 0.189 e. The van der Waals surface area contributed by atoms with Crippen molar-refractivity contribution in [2.45, 2.75) is 50.2 Å². The largest absolute Gasteiger partial charge is 0.493 e. The minimum absolute atomic E-state index is 0.181. The van der Waals surface area contributed by atoms with Crippen LogP contribution in [0.1, 0.15) is 50.1 Å². The Bertz CT molecular complexity index is 612. The molecule has 1 aliphatic carbocycles. The second-order valence-electron chi connectivity index (χ2n) is 7.34. The molecule has 3 aliphatic rings. The average molecular weight is 329 g/mol. The van der Waals surface area contributed by atoms with Crippen LogP contribution in [-0.2, 0) is 4.74 Å². The number of benzene rings is 1. The fourth-order valence-electron chi connectivity index (χ4n) is 4.15. The number of rotatable bonds is 3. The maximum absolute atomic E-state index is 6.16. The Morgan fingerprint density at radius 2 is 2.12 bits per heavy atom. The van der Waals surface area contributed by atoms with Gasteiger partial charge in [-0.3, -0.25) is 4.99 Å². The Kier molecular flexibility index (Phi) is 4.35. The molecule has 2 atom stereocenters. The van der Waals surface area contributed by atoms with Crippen LogP contribution < -0.4 is 15.8 Å². The normalized spacial score (nSPS) is 28.6. The van der Waals surface area contributed by atoms with Gasteiger partial charge < -0.3 is 20.5 Å². The number of guanidine groups is 1. The molecule has 2 aliphatic heterocycles. The van der Waals surface area contributed by atoms with Crippen molar-refractivity contribution in [3.05, 3.63) is 29.8 Å². The van der Waals surface area contributed by atoms with Crippen molar-refractivity contribution >= 4 is 5.96 Å². The van der Waals surface area contributed by atoms with Crippen molar-refractivity contribution in [1.82, 2.24) is 5.32 Å². The standard InChI is InChI=1S/C19H27N3O2/c20-18(21-13-14-6-11-24-19(12-14)8-3-9-19)22-16-7-10-23-17-5-2-1-4-15(16)17/h1-2,4-5,14,16H,3,6-13H2,(H3,20,21,22). The highest BCUT2D eigenvalue weighted by Crippen LogP contribution is 2.44. The van der Waals surface area contributed by atoms with Crippen LogP contribution in [0.2, 0.25) is 0 Å². The molecule has 5 heteroatoms. The van der Waals surface area contributed by atoms with Crippen LogP contribution >= 0.6 is 0 Å². The number of nitrogens with one attached hydrogen (secondary N) is 1. The van der Waals surface area contributed by atoms with Gasteiger partial charge in [-0.25, -0.2) is 0 Å². The number of ether oxygens (including phenoxy) is 2. The third-order valence-corrected chi connectivity index (χ3v) is 5.66. The van der Waals surface area contributed by atoms with Crippen LogP contribution in [0.25, 0.3) is 0 Å². The lowest BCUT2D eigenvalue weighted by atomic mass is 9.72. The number of aliphatic imine (C=N–C) groups is 1. The predicted octanol–water partition coefficient (Wildman–Crippen LogP) is 2.76. The van der Waals surface area contributed by atoms with Crippen LogP contribution in [0.3, 0.4) is 0 Å². The van der Waals surface area contributed by atoms with Gasteiger partial charge in [-0.05, 0) is 44.1 Å². The van der Waals surface area contributed by atoms with E-state index in [0.29, 0.717) is 18.5 Å². The Balaban J connectivity index is 1.34. The van der Waals surface area contributed by atoms with Crippen LogP contribution in [0.15, 0.2) is 29.3 Å². The van der Waals surface area contributed by atoms with Gasteiger partial charge in [0.2, 0.25) is 0 Å². The number of nitrogens with zero attached hydrogens (tertiary/aromatic N) is 1. The van der Waals surface area contributed by atoms with Gasteiger partial charge in [0.25, 0.3) is 0 Å². The Morgan fingerprint density at radius 1 is 1.25 bits per heavy atom. The lowest BCUT2D eigenvalue weighted by Crippen LogP contribution is -2.46. The van der Waals surface area contributed by atoms with Crippen molar-refractivity contribution in [3.8, 4) is 5.75 Å². The zero-order chi connectivity index (χ0) is 16.4. The average Bonchev–Trinajstić information content (AvgIpc) is 2.59. The van der Waals surface area contributed by atoms with Crippen molar-refractivity contribution in [1.29, 1.82) is 0 Å². The molecule has 1 saturated heterocycles. The Hall–Kier alpha value is -1.75. The first-order valence-electron chi connectivity index (χ1n) is 9.16. The summed E-state index contributed by atoms with van der Waals surface area (Å²) in [4.78, 5) is 4.63. The SMILES string of the molecule is NC(=NCC1CCOC2(CCC2)C1)NC1CCOc2ccccc21. The van der Waals surface area contributed by atoms with Gasteiger partial charge in [0.1, 0.15) is 5.75 Å². The highest BCUT2D eigenvalue weighted by molar-refractivity contribution is 5.78. The lowest BCUT2D eigenvalue weighted by molar-refractivity contribution is -0.141. The number of nitrogens with two attached hydrogens (primary N) is 1. The molecular formula is C19H27N3O2. The minimum atomic E-state index is 0.181. The van der Waals surface area contributed by atoms with Crippen molar-refractivity contribution in [2.24, 2.45) is 16.6 Å². The van der Waals surface area contributed by atoms with Gasteiger partial charge >= 0.3 is 0 Å². The first-order chi connectivity index (χ1) is 11.7. The Labute approximate surface area is 143 Å². The third-order valence-electron chi connectivity index (χ3n) is 5.66. The second-order valence-corrected chi connectivity index (χ2v) is 7.34. The molecule has 2 heterocycles. The third kappa shape index (κ3) is 3.22. The maximum Gasteiger partial charge on any atom is 0.189 e. The molecular weight excluding hydrogens is 302 g/mol. The van der Waals surface area contributed by atoms with E-state index in [1.54, 1.807) is 0 Å². The monoisotopic (exact) mass is 329 g/mol. The first-order valence-corrected chi connectivity index (χ1v) is 9.16. The first kappa shape index (κ1) is 15.8. The van der Waals surface area contributed by atoms with Gasteiger partial charge in [0, 0.05) is 25.1 Å². The summed E-state index contributed by atoms with van der Waals surface area (Å²) in [6, 6.07) is 8.33. The van der Waals surface area contributed by atoms with E-state index in [1.807, 2.05) is 18.2 Å². The number of para-hydroxylation sites is 1. The molecule has 0 amide bonds. The number of fused-ring (bicyclic) bond motifs is 1. The molecule has 0 bridgehead atoms. The zero-order valence-electron chi connectivity index (χ0n) is 14.2. The second kappa shape index (κ2) is 6.63. The molecule has 1 aromatic rings. The molecule has 5 nitrogen and oxygen atoms in total. The van der Waals surface area contributed by atoms with Crippen LogP contribution in [0.5, 0.6) is 5.75 Å². The zero-order valence-corrected chi connectivity index (χ0v) is 14.2. The molecule has 0 radical (unpaired) electrons. The van der Waals surface area contributed by atoms with Gasteiger partial charge in [-0.15, -0.1) is 0 Å². The van der Waals surface area contributed by atoms with Crippen LogP contribution in [0.4, 0.5) is 0 Å². The summed E-state index contributed by atoms with van der Waals surface area (Å²) in [5, 5.41) is 3.38. The van der Waals surface area contributed by atoms with E-state index < -0.39 is 0 Å². The van der Waals surface area contributed by atoms with Gasteiger partial charge in [-0.2, -0.15) is 0 Å². The highest BCUT2D eigenvalue weighted by Gasteiger charge is 2.42. The number of hydrogen-bond acceptors (Lipinski definition) is 3. The lowest BCUT2D eigenvalue weighted by Gasteiger charge is -2.47. The summed E-state index contributed by atoms with van der Waals surface area (Å²) >= 11 is 0. The maximum atomic E-state index is 6.16. The summed E-state index contributed by atoms with van der Waals surface area (Å²) in [6.07, 6.45) is 6.90. The molecule has 24 heavy (non-hydrogen) atoms. The molecule has 1 aromatic carbocycles. The van der Waals surface area contributed by atoms with Crippen molar-refractivity contribution in [3.63, 3.8) is 0 Å². The fourth-order valence-corrected chi connectivity index (χ4v) is 4.15. The molecule has 0 aromatic heterocycles. The molecule has 2 fully saturated rings. The van der Waals surface area contributed by atoms with Gasteiger partial charge in [0.05, 0.1) is 18.2 Å². The van der Waals surface area contributed by atoms with Gasteiger partial charge in [0.15, 0.2) is 5.96 Å². The topological polar surface area (TPSA) is 68.9 Å². The van der Waals surface area contributed by atoms with E-state index in [2.05, 4.69) is 16.4 Å². The van der Waals surface area contributed by atoms with E-state index in [4.69, 9.17) is 15.2 Å². The summed E-state index contributed by atoms with van der Waals surface area (Å²) < 4.78 is 11.7. The van der Waals surface area contributed by atoms with E-state index in [1.165, 1.54) is 24.8 Å². The highest BCUT2D eigenvalue weighted by atomic mass is 16.5. The van der Waals surface area contributed by atoms with Crippen molar-refractivity contribution < 1.29 is 9.47 Å². The minimum Gasteiger partial charge on any atom is -0.493 e. The van der Waals surface area contributed by atoms with Gasteiger partial charge in [-0.1, -0.05) is 18.2 Å². The van der Waals surface area contributed by atoms with E-state index >= 15 is 0 Å². The predicted molar refractivity (Wildman–Crippen MR) is 94.2 cm³/mol. The van der Waals surface area contributed by atoms with Crippen molar-refractivity contribution in [2.75, 3.05) is 19.8 Å². The summed E-state index contributed by atoms with van der Waals surface area (Å²) in [6.45, 7) is 2.39. The van der Waals surface area contributed by atoms with Crippen LogP contribution in [0, 0.1) is 5.92 Å². The summed E-state index contributed by atoms with van der Waals surface area (Å²) in [5.41, 5.74) is 7.51. The molecule has 1 saturated carbocycles. The molecule has 130 valence electrons. The van der Waals surface area contributed by atoms with E-state index in [0.717, 1.165) is 38.2 Å². The molecule has 1 spiro atoms. The fraction of sp³-hybridized carbons (Fsp3) is 0.632. The molecule has 2 unspecified atom stereocenters. The van der Waals surface area contributed by atoms with E-state index in [9.17, 15) is 0 Å². The summed E-state index contributed by atoms with van der Waals surface area (Å²) in [5.74, 6) is 2.10. The Morgan fingerprint density at radius 3 is 2.96 bits per heavy atom. The molecule has 4 rings (SSSR count). The summed E-state index contributed by atoms with van der Waals surface area (Å²) in [7, 11) is 0. The quantitative estimate of drug-likeness (QED) is 0.661. The van der Waals surface area contributed by atoms with Crippen LogP contribution in [-0.4, -0.2) is 31.3 Å². The number of hydrogen-bond donors (Lipinski definition) is 2. The molecule has 3 N–H and O–H groups in total. The van der Waals surface area contributed by atoms with E-state index in [-0.39, 0.29) is 11.6 Å².